The van der Waals surface area contributed by atoms with Gasteiger partial charge in [0.1, 0.15) is 11.5 Å². The summed E-state index contributed by atoms with van der Waals surface area (Å²) in [5.41, 5.74) is 0.450. The van der Waals surface area contributed by atoms with E-state index in [1.165, 1.54) is 7.11 Å². The van der Waals surface area contributed by atoms with Gasteiger partial charge in [-0.2, -0.15) is 0 Å². The van der Waals surface area contributed by atoms with Crippen LogP contribution in [0.25, 0.3) is 0 Å². The van der Waals surface area contributed by atoms with Crippen LogP contribution in [0.2, 0.25) is 0 Å². The highest BCUT2D eigenvalue weighted by Gasteiger charge is 2.25. The minimum atomic E-state index is -0.461. The molecule has 1 aliphatic carbocycles. The number of carbonyl (C=O) groups excluding carboxylic acids is 1. The fourth-order valence-corrected chi connectivity index (χ4v) is 2.51. The summed E-state index contributed by atoms with van der Waals surface area (Å²) in [4.78, 5) is 12.3. The Morgan fingerprint density at radius 1 is 1.25 bits per heavy atom. The highest BCUT2D eigenvalue weighted by Crippen LogP contribution is 2.25. The summed E-state index contributed by atoms with van der Waals surface area (Å²) in [5, 5.41) is 12.8. The number of hydrogen-bond donors (Lipinski definition) is 2. The molecule has 5 heteroatoms. The van der Waals surface area contributed by atoms with Gasteiger partial charge in [-0.3, -0.25) is 4.79 Å². The van der Waals surface area contributed by atoms with E-state index in [0.717, 1.165) is 25.7 Å². The predicted molar refractivity (Wildman–Crippen MR) is 75.3 cm³/mol. The molecule has 0 aromatic heterocycles. The van der Waals surface area contributed by atoms with Crippen LogP contribution in [-0.2, 0) is 0 Å². The standard InChI is InChI=1S/C15H21NO4/c1-19-10-7-8-11(14(9-10)20-2)15(18)16-12-5-3-4-6-13(12)17/h7-9,12-13,17H,3-6H2,1-2H3,(H,16,18)/t12-,13-/m0/s1. The number of hydrogen-bond acceptors (Lipinski definition) is 4. The van der Waals surface area contributed by atoms with Gasteiger partial charge < -0.3 is 19.9 Å². The first-order valence-electron chi connectivity index (χ1n) is 6.86. The van der Waals surface area contributed by atoms with E-state index in [2.05, 4.69) is 5.32 Å². The summed E-state index contributed by atoms with van der Waals surface area (Å²) in [6, 6.07) is 4.88. The summed E-state index contributed by atoms with van der Waals surface area (Å²) >= 11 is 0. The molecule has 0 radical (unpaired) electrons. The van der Waals surface area contributed by atoms with Crippen molar-refractivity contribution in [2.24, 2.45) is 0 Å². The molecule has 1 amide bonds. The molecule has 0 saturated heterocycles. The SMILES string of the molecule is COc1ccc(C(=O)N[C@H]2CCCC[C@@H]2O)c(OC)c1. The summed E-state index contributed by atoms with van der Waals surface area (Å²) in [5.74, 6) is 0.874. The Morgan fingerprint density at radius 3 is 2.65 bits per heavy atom. The average molecular weight is 279 g/mol. The van der Waals surface area contributed by atoms with Gasteiger partial charge in [-0.1, -0.05) is 12.8 Å². The zero-order valence-electron chi connectivity index (χ0n) is 11.9. The van der Waals surface area contributed by atoms with E-state index in [9.17, 15) is 9.90 Å². The number of nitrogens with one attached hydrogen (secondary N) is 1. The predicted octanol–water partition coefficient (Wildman–Crippen LogP) is 1.74. The Balaban J connectivity index is 2.12. The summed E-state index contributed by atoms with van der Waals surface area (Å²) in [6.07, 6.45) is 3.13. The summed E-state index contributed by atoms with van der Waals surface area (Å²) in [6.45, 7) is 0. The number of benzene rings is 1. The fraction of sp³-hybridized carbons (Fsp3) is 0.533. The molecular weight excluding hydrogens is 258 g/mol. The van der Waals surface area contributed by atoms with Crippen molar-refractivity contribution < 1.29 is 19.4 Å². The van der Waals surface area contributed by atoms with Gasteiger partial charge in [0.15, 0.2) is 0 Å². The number of rotatable bonds is 4. The minimum absolute atomic E-state index is 0.178. The lowest BCUT2D eigenvalue weighted by Gasteiger charge is -2.28. The average Bonchev–Trinajstić information content (AvgIpc) is 2.48. The highest BCUT2D eigenvalue weighted by atomic mass is 16.5. The Kier molecular flexibility index (Phi) is 4.84. The maximum atomic E-state index is 12.3. The third kappa shape index (κ3) is 3.22. The number of amides is 1. The first-order valence-corrected chi connectivity index (χ1v) is 6.86. The van der Waals surface area contributed by atoms with Crippen molar-refractivity contribution in [1.29, 1.82) is 0 Å². The van der Waals surface area contributed by atoms with Crippen LogP contribution in [0.3, 0.4) is 0 Å². The maximum absolute atomic E-state index is 12.3. The molecule has 1 aromatic carbocycles. The van der Waals surface area contributed by atoms with Crippen LogP contribution < -0.4 is 14.8 Å². The number of methoxy groups -OCH3 is 2. The fourth-order valence-electron chi connectivity index (χ4n) is 2.51. The van der Waals surface area contributed by atoms with Gasteiger partial charge in [0, 0.05) is 6.07 Å². The molecule has 5 nitrogen and oxygen atoms in total. The van der Waals surface area contributed by atoms with E-state index in [4.69, 9.17) is 9.47 Å². The van der Waals surface area contributed by atoms with Crippen molar-refractivity contribution in [3.63, 3.8) is 0 Å². The molecule has 2 atom stereocenters. The molecule has 20 heavy (non-hydrogen) atoms. The quantitative estimate of drug-likeness (QED) is 0.881. The number of aliphatic hydroxyl groups is 1. The lowest BCUT2D eigenvalue weighted by atomic mass is 9.92. The molecule has 0 aliphatic heterocycles. The topological polar surface area (TPSA) is 67.8 Å². The van der Waals surface area contributed by atoms with Crippen molar-refractivity contribution >= 4 is 5.91 Å². The molecule has 1 aliphatic rings. The van der Waals surface area contributed by atoms with Crippen LogP contribution in [0.15, 0.2) is 18.2 Å². The van der Waals surface area contributed by atoms with Gasteiger partial charge in [0.25, 0.3) is 5.91 Å². The van der Waals surface area contributed by atoms with Crippen LogP contribution in [0.5, 0.6) is 11.5 Å². The second-order valence-corrected chi connectivity index (χ2v) is 5.00. The van der Waals surface area contributed by atoms with E-state index in [-0.39, 0.29) is 11.9 Å². The van der Waals surface area contributed by atoms with Crippen LogP contribution >= 0.6 is 0 Å². The molecule has 2 N–H and O–H groups in total. The van der Waals surface area contributed by atoms with E-state index < -0.39 is 6.10 Å². The molecule has 1 saturated carbocycles. The van der Waals surface area contributed by atoms with Crippen molar-refractivity contribution in [3.8, 4) is 11.5 Å². The Labute approximate surface area is 118 Å². The lowest BCUT2D eigenvalue weighted by Crippen LogP contribution is -2.45. The summed E-state index contributed by atoms with van der Waals surface area (Å²) in [7, 11) is 3.08. The number of carbonyl (C=O) groups is 1. The van der Waals surface area contributed by atoms with E-state index in [1.807, 2.05) is 0 Å². The monoisotopic (exact) mass is 279 g/mol. The second kappa shape index (κ2) is 6.61. The van der Waals surface area contributed by atoms with Crippen LogP contribution in [0.1, 0.15) is 36.0 Å². The first-order chi connectivity index (χ1) is 9.65. The number of aliphatic hydroxyl groups excluding tert-OH is 1. The third-order valence-corrected chi connectivity index (χ3v) is 3.70. The zero-order chi connectivity index (χ0) is 14.5. The van der Waals surface area contributed by atoms with Crippen molar-refractivity contribution in [2.45, 2.75) is 37.8 Å². The minimum Gasteiger partial charge on any atom is -0.497 e. The Hall–Kier alpha value is -1.75. The molecule has 1 aromatic rings. The maximum Gasteiger partial charge on any atom is 0.255 e. The molecule has 0 spiro atoms. The second-order valence-electron chi connectivity index (χ2n) is 5.00. The van der Waals surface area contributed by atoms with Gasteiger partial charge in [0.2, 0.25) is 0 Å². The third-order valence-electron chi connectivity index (χ3n) is 3.70. The van der Waals surface area contributed by atoms with Crippen LogP contribution in [-0.4, -0.2) is 37.4 Å². The first kappa shape index (κ1) is 14.7. The van der Waals surface area contributed by atoms with Gasteiger partial charge >= 0.3 is 0 Å². The molecule has 0 bridgehead atoms. The molecule has 0 unspecified atom stereocenters. The van der Waals surface area contributed by atoms with Crippen molar-refractivity contribution in [3.05, 3.63) is 23.8 Å². The highest BCUT2D eigenvalue weighted by molar-refractivity contribution is 5.97. The summed E-state index contributed by atoms with van der Waals surface area (Å²) < 4.78 is 10.3. The van der Waals surface area contributed by atoms with E-state index in [0.29, 0.717) is 17.1 Å². The lowest BCUT2D eigenvalue weighted by molar-refractivity contribution is 0.0715. The van der Waals surface area contributed by atoms with Gasteiger partial charge in [-0.25, -0.2) is 0 Å². The Bertz CT molecular complexity index is 475. The molecular formula is C15H21NO4. The molecule has 1 fully saturated rings. The van der Waals surface area contributed by atoms with Gasteiger partial charge in [-0.05, 0) is 25.0 Å². The van der Waals surface area contributed by atoms with Crippen molar-refractivity contribution in [1.82, 2.24) is 5.32 Å². The largest absolute Gasteiger partial charge is 0.497 e. The van der Waals surface area contributed by atoms with E-state index >= 15 is 0 Å². The Morgan fingerprint density at radius 2 is 2.00 bits per heavy atom. The van der Waals surface area contributed by atoms with Gasteiger partial charge in [-0.15, -0.1) is 0 Å². The van der Waals surface area contributed by atoms with Gasteiger partial charge in [0.05, 0.1) is 31.9 Å². The van der Waals surface area contributed by atoms with Crippen molar-refractivity contribution in [2.75, 3.05) is 14.2 Å². The van der Waals surface area contributed by atoms with E-state index in [1.54, 1.807) is 25.3 Å². The normalized spacial score (nSPS) is 22.1. The van der Waals surface area contributed by atoms with Crippen LogP contribution in [0.4, 0.5) is 0 Å². The molecule has 110 valence electrons. The number of ether oxygens (including phenoxy) is 2. The van der Waals surface area contributed by atoms with Crippen LogP contribution in [0, 0.1) is 0 Å². The molecule has 0 heterocycles. The smallest absolute Gasteiger partial charge is 0.255 e. The zero-order valence-corrected chi connectivity index (χ0v) is 11.9. The molecule has 2 rings (SSSR count).